The number of nitrogens with two attached hydrogens (primary N) is 1. The smallest absolute Gasteiger partial charge is 0.237 e. The zero-order valence-electron chi connectivity index (χ0n) is 8.47. The number of aromatic nitrogens is 2. The Kier molecular flexibility index (Phi) is 1.97. The summed E-state index contributed by atoms with van der Waals surface area (Å²) in [6.45, 7) is 0.497. The van der Waals surface area contributed by atoms with Gasteiger partial charge in [0.2, 0.25) is 5.95 Å². The van der Waals surface area contributed by atoms with Crippen LogP contribution in [0.25, 0.3) is 11.3 Å². The Balaban J connectivity index is 2.22. The molecule has 0 amide bonds. The molecular formula is C11H10N4O. The van der Waals surface area contributed by atoms with Crippen LogP contribution in [-0.4, -0.2) is 9.97 Å². The Morgan fingerprint density at radius 3 is 3.06 bits per heavy atom. The first-order valence-electron chi connectivity index (χ1n) is 4.93. The zero-order chi connectivity index (χ0) is 11.0. The second kappa shape index (κ2) is 3.46. The van der Waals surface area contributed by atoms with Gasteiger partial charge in [-0.15, -0.1) is 0 Å². The average molecular weight is 214 g/mol. The van der Waals surface area contributed by atoms with E-state index >= 15 is 0 Å². The number of hydrogen-bond acceptors (Lipinski definition) is 5. The van der Waals surface area contributed by atoms with E-state index in [4.69, 9.17) is 10.6 Å². The van der Waals surface area contributed by atoms with Gasteiger partial charge in [-0.05, 0) is 12.1 Å². The van der Waals surface area contributed by atoms with Gasteiger partial charge in [-0.1, -0.05) is 12.1 Å². The van der Waals surface area contributed by atoms with E-state index in [1.165, 1.54) is 0 Å². The van der Waals surface area contributed by atoms with Crippen LogP contribution in [0.3, 0.4) is 0 Å². The minimum absolute atomic E-state index is 0.412. The van der Waals surface area contributed by atoms with Crippen molar-refractivity contribution in [1.29, 1.82) is 0 Å². The van der Waals surface area contributed by atoms with E-state index in [-0.39, 0.29) is 0 Å². The number of nitrogens with zero attached hydrogens (tertiary/aromatic N) is 2. The fourth-order valence-corrected chi connectivity index (χ4v) is 1.76. The maximum Gasteiger partial charge on any atom is 0.237 e. The topological polar surface area (TPSA) is 73.1 Å². The molecule has 0 bridgehead atoms. The van der Waals surface area contributed by atoms with Crippen molar-refractivity contribution in [1.82, 2.24) is 9.97 Å². The summed E-state index contributed by atoms with van der Waals surface area (Å²) in [4.78, 5) is 8.40. The summed E-state index contributed by atoms with van der Waals surface area (Å²) in [5, 5.41) is 0. The highest BCUT2D eigenvalue weighted by Gasteiger charge is 2.18. The SMILES string of the molecule is NNc1ncc2c(n1)-c1ccccc1OC2. The fraction of sp³-hybridized carbons (Fsp3) is 0.0909. The zero-order valence-corrected chi connectivity index (χ0v) is 8.47. The molecule has 5 heteroatoms. The number of para-hydroxylation sites is 1. The molecule has 0 atom stereocenters. The molecule has 2 aromatic rings. The molecule has 3 rings (SSSR count). The molecule has 80 valence electrons. The number of benzene rings is 1. The largest absolute Gasteiger partial charge is 0.488 e. The summed E-state index contributed by atoms with van der Waals surface area (Å²) in [5.41, 5.74) is 5.27. The van der Waals surface area contributed by atoms with Crippen LogP contribution in [0.2, 0.25) is 0 Å². The Bertz CT molecular complexity index is 541. The lowest BCUT2D eigenvalue weighted by Crippen LogP contribution is -2.14. The van der Waals surface area contributed by atoms with E-state index in [0.29, 0.717) is 12.6 Å². The summed E-state index contributed by atoms with van der Waals surface area (Å²) >= 11 is 0. The Morgan fingerprint density at radius 2 is 2.19 bits per heavy atom. The number of anilines is 1. The van der Waals surface area contributed by atoms with Crippen molar-refractivity contribution in [2.45, 2.75) is 6.61 Å². The molecule has 0 fully saturated rings. The van der Waals surface area contributed by atoms with Crippen LogP contribution in [0.4, 0.5) is 5.95 Å². The third kappa shape index (κ3) is 1.30. The van der Waals surface area contributed by atoms with Gasteiger partial charge in [-0.3, -0.25) is 5.43 Å². The normalized spacial score (nSPS) is 12.3. The first-order valence-corrected chi connectivity index (χ1v) is 4.93. The minimum atomic E-state index is 0.412. The van der Waals surface area contributed by atoms with E-state index in [1.807, 2.05) is 24.3 Å². The predicted molar refractivity (Wildman–Crippen MR) is 59.6 cm³/mol. The van der Waals surface area contributed by atoms with Crippen molar-refractivity contribution in [2.24, 2.45) is 5.84 Å². The maximum absolute atomic E-state index is 5.59. The first-order chi connectivity index (χ1) is 7.88. The van der Waals surface area contributed by atoms with Crippen molar-refractivity contribution >= 4 is 5.95 Å². The first kappa shape index (κ1) is 9.11. The minimum Gasteiger partial charge on any atom is -0.488 e. The van der Waals surface area contributed by atoms with Crippen molar-refractivity contribution in [3.63, 3.8) is 0 Å². The number of hydrogen-bond donors (Lipinski definition) is 2. The standard InChI is InChI=1S/C11H10N4O/c12-15-11-13-5-7-6-16-9-4-2-1-3-8(9)10(7)14-11/h1-5H,6,12H2,(H,13,14,15). The van der Waals surface area contributed by atoms with Crippen LogP contribution in [0, 0.1) is 0 Å². The van der Waals surface area contributed by atoms with Crippen molar-refractivity contribution in [2.75, 3.05) is 5.43 Å². The summed E-state index contributed by atoms with van der Waals surface area (Å²) in [5.74, 6) is 6.55. The van der Waals surface area contributed by atoms with Crippen molar-refractivity contribution < 1.29 is 4.74 Å². The van der Waals surface area contributed by atoms with Crippen LogP contribution >= 0.6 is 0 Å². The Morgan fingerprint density at radius 1 is 1.31 bits per heavy atom. The van der Waals surface area contributed by atoms with Crippen LogP contribution in [0.5, 0.6) is 5.75 Å². The predicted octanol–water partition coefficient (Wildman–Crippen LogP) is 1.32. The average Bonchev–Trinajstić information content (AvgIpc) is 2.38. The number of hydrazine groups is 1. The van der Waals surface area contributed by atoms with Gasteiger partial charge in [0.25, 0.3) is 0 Å². The Hall–Kier alpha value is -2.14. The molecule has 16 heavy (non-hydrogen) atoms. The molecular weight excluding hydrogens is 204 g/mol. The molecule has 0 saturated heterocycles. The van der Waals surface area contributed by atoms with E-state index in [2.05, 4.69) is 15.4 Å². The van der Waals surface area contributed by atoms with Gasteiger partial charge in [0.15, 0.2) is 0 Å². The van der Waals surface area contributed by atoms with E-state index in [9.17, 15) is 0 Å². The van der Waals surface area contributed by atoms with Gasteiger partial charge in [-0.25, -0.2) is 15.8 Å². The highest BCUT2D eigenvalue weighted by molar-refractivity contribution is 5.72. The number of nitrogen functional groups attached to an aromatic ring is 1. The van der Waals surface area contributed by atoms with Crippen LogP contribution in [0.15, 0.2) is 30.5 Å². The number of ether oxygens (including phenoxy) is 1. The summed E-state index contributed by atoms with van der Waals surface area (Å²) < 4.78 is 5.59. The molecule has 0 aliphatic carbocycles. The lowest BCUT2D eigenvalue weighted by molar-refractivity contribution is 0.301. The third-order valence-electron chi connectivity index (χ3n) is 2.52. The van der Waals surface area contributed by atoms with Crippen molar-refractivity contribution in [3.8, 4) is 17.0 Å². The quantitative estimate of drug-likeness (QED) is 0.553. The second-order valence-corrected chi connectivity index (χ2v) is 3.50. The fourth-order valence-electron chi connectivity index (χ4n) is 1.76. The molecule has 1 aromatic carbocycles. The molecule has 3 N–H and O–H groups in total. The van der Waals surface area contributed by atoms with Gasteiger partial charge in [0, 0.05) is 17.3 Å². The lowest BCUT2D eigenvalue weighted by atomic mass is 10.0. The number of rotatable bonds is 1. The van der Waals surface area contributed by atoms with Crippen LogP contribution in [0.1, 0.15) is 5.56 Å². The molecule has 2 heterocycles. The lowest BCUT2D eigenvalue weighted by Gasteiger charge is -2.19. The highest BCUT2D eigenvalue weighted by Crippen LogP contribution is 2.35. The molecule has 0 unspecified atom stereocenters. The molecule has 1 aliphatic heterocycles. The van der Waals surface area contributed by atoms with E-state index in [1.54, 1.807) is 6.20 Å². The monoisotopic (exact) mass is 214 g/mol. The van der Waals surface area contributed by atoms with Gasteiger partial charge < -0.3 is 4.74 Å². The summed E-state index contributed by atoms with van der Waals surface area (Å²) in [7, 11) is 0. The van der Waals surface area contributed by atoms with Gasteiger partial charge in [0.1, 0.15) is 12.4 Å². The van der Waals surface area contributed by atoms with Crippen molar-refractivity contribution in [3.05, 3.63) is 36.0 Å². The van der Waals surface area contributed by atoms with Crippen LogP contribution < -0.4 is 16.0 Å². The Labute approximate surface area is 92.3 Å². The van der Waals surface area contributed by atoms with Gasteiger partial charge in [0.05, 0.1) is 5.69 Å². The molecule has 5 nitrogen and oxygen atoms in total. The molecule has 0 saturated carbocycles. The molecule has 1 aromatic heterocycles. The third-order valence-corrected chi connectivity index (χ3v) is 2.52. The van der Waals surface area contributed by atoms with Gasteiger partial charge >= 0.3 is 0 Å². The number of nitrogens with one attached hydrogen (secondary N) is 1. The number of fused-ring (bicyclic) bond motifs is 3. The maximum atomic E-state index is 5.59. The molecule has 0 radical (unpaired) electrons. The summed E-state index contributed by atoms with van der Waals surface area (Å²) in [6, 6.07) is 7.79. The van der Waals surface area contributed by atoms with Gasteiger partial charge in [-0.2, -0.15) is 0 Å². The summed E-state index contributed by atoms with van der Waals surface area (Å²) in [6.07, 6.45) is 1.73. The highest BCUT2D eigenvalue weighted by atomic mass is 16.5. The van der Waals surface area contributed by atoms with Crippen LogP contribution in [-0.2, 0) is 6.61 Å². The van der Waals surface area contributed by atoms with E-state index < -0.39 is 0 Å². The van der Waals surface area contributed by atoms with E-state index in [0.717, 1.165) is 22.6 Å². The second-order valence-electron chi connectivity index (χ2n) is 3.50. The molecule has 1 aliphatic rings. The molecule has 0 spiro atoms.